The van der Waals surface area contributed by atoms with Gasteiger partial charge in [0.15, 0.2) is 0 Å². The fourth-order valence-electron chi connectivity index (χ4n) is 4.73. The molecule has 5 N–H and O–H groups in total. The van der Waals surface area contributed by atoms with E-state index < -0.39 is 35.6 Å². The van der Waals surface area contributed by atoms with Crippen molar-refractivity contribution in [3.05, 3.63) is 108 Å². The number of hydrogen-bond donors (Lipinski definition) is 5. The molecule has 0 aliphatic rings. The number of benzene rings is 3. The van der Waals surface area contributed by atoms with Crippen molar-refractivity contribution in [1.29, 1.82) is 0 Å². The van der Waals surface area contributed by atoms with Gasteiger partial charge in [-0.15, -0.1) is 0 Å². The average Bonchev–Trinajstić information content (AvgIpc) is 3.46. The summed E-state index contributed by atoms with van der Waals surface area (Å²) < 4.78 is 0. The number of fused-ring (bicyclic) bond motifs is 1. The van der Waals surface area contributed by atoms with Gasteiger partial charge in [-0.05, 0) is 43.5 Å². The highest BCUT2D eigenvalue weighted by Crippen LogP contribution is 2.15. The minimum absolute atomic E-state index is 0.0917. The van der Waals surface area contributed by atoms with E-state index in [2.05, 4.69) is 26.3 Å². The molecule has 0 aliphatic carbocycles. The molecule has 10 nitrogen and oxygen atoms in total. The number of rotatable bonds is 14. The molecule has 1 heterocycles. The molecule has 0 aliphatic heterocycles. The fraction of sp³-hybridized carbons (Fsp3) is 0.265. The maximum Gasteiger partial charge on any atom is 0.289 e. The van der Waals surface area contributed by atoms with Gasteiger partial charge in [0.05, 0.1) is 6.04 Å². The van der Waals surface area contributed by atoms with Crippen LogP contribution >= 0.6 is 0 Å². The van der Waals surface area contributed by atoms with Crippen molar-refractivity contribution in [1.82, 2.24) is 26.3 Å². The number of aromatic amines is 1. The van der Waals surface area contributed by atoms with Crippen molar-refractivity contribution in [2.24, 2.45) is 0 Å². The standard InChI is InChI=1S/C34H37N5O5/c1-22(2)36-30(40)18-17-27(31(41)34(44)35-21-24-13-7-4-8-14-24)38-32(42)28(19-23-11-5-3-6-12-23)39-33(43)29-20-25-15-9-10-16-26(25)37-29/h3-16,20,22,27-28,37H,17-19,21H2,1-2H3,(H,35,44)(H,36,40)(H,38,42)(H,39,43)/t27-,28-/m0/s1. The molecule has 2 atom stereocenters. The lowest BCUT2D eigenvalue weighted by atomic mass is 10.0. The Labute approximate surface area is 256 Å². The monoisotopic (exact) mass is 595 g/mol. The Balaban J connectivity index is 1.52. The number of para-hydroxylation sites is 1. The number of aromatic nitrogens is 1. The Morgan fingerprint density at radius 1 is 0.727 bits per heavy atom. The summed E-state index contributed by atoms with van der Waals surface area (Å²) in [7, 11) is 0. The van der Waals surface area contributed by atoms with Crippen LogP contribution < -0.4 is 21.3 Å². The third kappa shape index (κ3) is 9.12. The van der Waals surface area contributed by atoms with Gasteiger partial charge >= 0.3 is 0 Å². The quantitative estimate of drug-likeness (QED) is 0.142. The number of nitrogens with one attached hydrogen (secondary N) is 5. The number of Topliss-reactive ketones (excluding diaryl/α,β-unsaturated/α-hetero) is 1. The van der Waals surface area contributed by atoms with Crippen LogP contribution in [0.5, 0.6) is 0 Å². The number of carbonyl (C=O) groups excluding carboxylic acids is 5. The zero-order valence-corrected chi connectivity index (χ0v) is 24.8. The SMILES string of the molecule is CC(C)NC(=O)CC[C@H](NC(=O)[C@H](Cc1ccccc1)NC(=O)c1cc2ccccc2[nH]1)C(=O)C(=O)NCc1ccccc1. The Morgan fingerprint density at radius 3 is 2.02 bits per heavy atom. The van der Waals surface area contributed by atoms with E-state index in [4.69, 9.17) is 0 Å². The summed E-state index contributed by atoms with van der Waals surface area (Å²) >= 11 is 0. The van der Waals surface area contributed by atoms with Crippen molar-refractivity contribution < 1.29 is 24.0 Å². The van der Waals surface area contributed by atoms with Gasteiger partial charge in [-0.1, -0.05) is 78.9 Å². The van der Waals surface area contributed by atoms with Gasteiger partial charge in [-0.3, -0.25) is 24.0 Å². The normalized spacial score (nSPS) is 12.2. The van der Waals surface area contributed by atoms with Crippen LogP contribution in [0.15, 0.2) is 91.0 Å². The first-order chi connectivity index (χ1) is 21.2. The first-order valence-electron chi connectivity index (χ1n) is 14.6. The minimum Gasteiger partial charge on any atom is -0.354 e. The third-order valence-corrected chi connectivity index (χ3v) is 6.94. The summed E-state index contributed by atoms with van der Waals surface area (Å²) in [5, 5.41) is 11.6. The molecule has 44 heavy (non-hydrogen) atoms. The van der Waals surface area contributed by atoms with E-state index in [1.807, 2.05) is 98.8 Å². The number of ketones is 1. The molecule has 0 spiro atoms. The van der Waals surface area contributed by atoms with Crippen LogP contribution in [-0.4, -0.2) is 52.5 Å². The summed E-state index contributed by atoms with van der Waals surface area (Å²) in [4.78, 5) is 68.6. The topological polar surface area (TPSA) is 149 Å². The van der Waals surface area contributed by atoms with Gasteiger partial charge in [-0.2, -0.15) is 0 Å². The lowest BCUT2D eigenvalue weighted by Gasteiger charge is -2.23. The Morgan fingerprint density at radius 2 is 1.36 bits per heavy atom. The fourth-order valence-corrected chi connectivity index (χ4v) is 4.73. The van der Waals surface area contributed by atoms with E-state index in [0.717, 1.165) is 22.0 Å². The zero-order chi connectivity index (χ0) is 31.5. The first kappa shape index (κ1) is 31.7. The molecular formula is C34H37N5O5. The molecule has 0 saturated heterocycles. The lowest BCUT2D eigenvalue weighted by molar-refractivity contribution is -0.140. The van der Waals surface area contributed by atoms with Gasteiger partial charge < -0.3 is 26.3 Å². The molecule has 1 aromatic heterocycles. The number of hydrogen-bond acceptors (Lipinski definition) is 5. The molecule has 228 valence electrons. The smallest absolute Gasteiger partial charge is 0.289 e. The summed E-state index contributed by atoms with van der Waals surface area (Å²) in [6, 6.07) is 24.8. The van der Waals surface area contributed by atoms with Gasteiger partial charge in [0.2, 0.25) is 17.6 Å². The Bertz CT molecular complexity index is 1570. The summed E-state index contributed by atoms with van der Waals surface area (Å²) in [6.07, 6.45) is -0.0604. The van der Waals surface area contributed by atoms with Crippen LogP contribution in [0.1, 0.15) is 48.3 Å². The molecule has 0 unspecified atom stereocenters. The highest BCUT2D eigenvalue weighted by atomic mass is 16.2. The molecular weight excluding hydrogens is 558 g/mol. The average molecular weight is 596 g/mol. The molecule has 0 bridgehead atoms. The number of H-pyrrole nitrogens is 1. The summed E-state index contributed by atoms with van der Waals surface area (Å²) in [5.74, 6) is -3.24. The van der Waals surface area contributed by atoms with Crippen LogP contribution in [0, 0.1) is 0 Å². The van der Waals surface area contributed by atoms with E-state index in [1.54, 1.807) is 6.07 Å². The van der Waals surface area contributed by atoms with Crippen molar-refractivity contribution in [2.45, 2.75) is 57.8 Å². The van der Waals surface area contributed by atoms with Crippen LogP contribution in [0.2, 0.25) is 0 Å². The van der Waals surface area contributed by atoms with Gasteiger partial charge in [0.1, 0.15) is 11.7 Å². The van der Waals surface area contributed by atoms with Crippen molar-refractivity contribution in [3.8, 4) is 0 Å². The lowest BCUT2D eigenvalue weighted by Crippen LogP contribution is -2.54. The van der Waals surface area contributed by atoms with E-state index in [-0.39, 0.29) is 43.5 Å². The van der Waals surface area contributed by atoms with E-state index in [1.165, 1.54) is 0 Å². The van der Waals surface area contributed by atoms with E-state index in [9.17, 15) is 24.0 Å². The van der Waals surface area contributed by atoms with E-state index >= 15 is 0 Å². The molecule has 3 aromatic carbocycles. The maximum absolute atomic E-state index is 13.7. The van der Waals surface area contributed by atoms with Crippen LogP contribution in [0.3, 0.4) is 0 Å². The first-order valence-corrected chi connectivity index (χ1v) is 14.6. The number of carbonyl (C=O) groups is 5. The van der Waals surface area contributed by atoms with Gasteiger partial charge in [0, 0.05) is 36.3 Å². The number of amides is 4. The second-order valence-electron chi connectivity index (χ2n) is 10.8. The summed E-state index contributed by atoms with van der Waals surface area (Å²) in [5.41, 5.74) is 2.63. The molecule has 0 saturated carbocycles. The predicted molar refractivity (Wildman–Crippen MR) is 167 cm³/mol. The highest BCUT2D eigenvalue weighted by molar-refractivity contribution is 6.38. The predicted octanol–water partition coefficient (Wildman–Crippen LogP) is 3.18. The minimum atomic E-state index is -1.29. The molecule has 4 amide bonds. The zero-order valence-electron chi connectivity index (χ0n) is 24.8. The second kappa shape index (κ2) is 15.3. The molecule has 10 heteroatoms. The summed E-state index contributed by atoms with van der Waals surface area (Å²) in [6.45, 7) is 3.74. The Kier molecular flexibility index (Phi) is 11.0. The van der Waals surface area contributed by atoms with Crippen LogP contribution in [0.25, 0.3) is 10.9 Å². The van der Waals surface area contributed by atoms with Crippen molar-refractivity contribution in [2.75, 3.05) is 0 Å². The maximum atomic E-state index is 13.7. The molecule has 0 radical (unpaired) electrons. The molecule has 0 fully saturated rings. The highest BCUT2D eigenvalue weighted by Gasteiger charge is 2.31. The molecule has 4 rings (SSSR count). The Hall–Kier alpha value is -5.25. The van der Waals surface area contributed by atoms with Crippen molar-refractivity contribution >= 4 is 40.3 Å². The van der Waals surface area contributed by atoms with Gasteiger partial charge in [0.25, 0.3) is 11.8 Å². The van der Waals surface area contributed by atoms with Crippen LogP contribution in [-0.2, 0) is 32.1 Å². The third-order valence-electron chi connectivity index (χ3n) is 6.94. The van der Waals surface area contributed by atoms with E-state index in [0.29, 0.717) is 0 Å². The largest absolute Gasteiger partial charge is 0.354 e. The van der Waals surface area contributed by atoms with Crippen LogP contribution in [0.4, 0.5) is 0 Å². The van der Waals surface area contributed by atoms with Gasteiger partial charge in [-0.25, -0.2) is 0 Å². The second-order valence-corrected chi connectivity index (χ2v) is 10.8. The van der Waals surface area contributed by atoms with Crippen molar-refractivity contribution in [3.63, 3.8) is 0 Å². The molecule has 4 aromatic rings.